The zero-order chi connectivity index (χ0) is 7.82. The third-order valence-corrected chi connectivity index (χ3v) is 1.75. The van der Waals surface area contributed by atoms with Crippen LogP contribution in [0, 0.1) is 11.5 Å². The Balaban J connectivity index is 3.42. The summed E-state index contributed by atoms with van der Waals surface area (Å²) in [5.41, 5.74) is 0. The van der Waals surface area contributed by atoms with Gasteiger partial charge in [-0.1, -0.05) is 0 Å². The second-order valence-electron chi connectivity index (χ2n) is 1.24. The molecule has 0 aromatic rings. The van der Waals surface area contributed by atoms with Crippen molar-refractivity contribution in [2.75, 3.05) is 13.2 Å². The first-order valence-corrected chi connectivity index (χ1v) is 4.06. The van der Waals surface area contributed by atoms with E-state index in [1.807, 2.05) is 13.8 Å². The Labute approximate surface area is 61.7 Å². The number of hydrogen-bond acceptors (Lipinski definition) is 4. The molecule has 0 saturated carbocycles. The summed E-state index contributed by atoms with van der Waals surface area (Å²) in [6, 6.07) is 0. The highest BCUT2D eigenvalue weighted by Gasteiger charge is 2.10. The van der Waals surface area contributed by atoms with E-state index < -0.39 is 8.60 Å². The molecule has 0 amide bonds. The Hall–Kier alpha value is -0.360. The van der Waals surface area contributed by atoms with Gasteiger partial charge in [-0.25, -0.2) is 0 Å². The second kappa shape index (κ2) is 6.76. The molecule has 0 aliphatic heterocycles. The predicted octanol–water partition coefficient (Wildman–Crippen LogP) is 1.78. The van der Waals surface area contributed by atoms with Gasteiger partial charge in [-0.05, 0) is 13.8 Å². The quantitative estimate of drug-likeness (QED) is 0.458. The molecule has 58 valence electrons. The first-order chi connectivity index (χ1) is 4.85. The van der Waals surface area contributed by atoms with E-state index in [-0.39, 0.29) is 0 Å². The second-order valence-corrected chi connectivity index (χ2v) is 2.39. The van der Waals surface area contributed by atoms with Crippen LogP contribution in [0.2, 0.25) is 0 Å². The zero-order valence-electron chi connectivity index (χ0n) is 6.03. The van der Waals surface area contributed by atoms with Crippen LogP contribution >= 0.6 is 8.60 Å². The molecule has 0 saturated heterocycles. The minimum absolute atomic E-state index is 0.493. The third kappa shape index (κ3) is 4.51. The molecule has 0 N–H and O–H groups in total. The summed E-state index contributed by atoms with van der Waals surface area (Å²) >= 11 is 0. The van der Waals surface area contributed by atoms with E-state index in [4.69, 9.17) is 14.3 Å². The molecule has 0 rings (SSSR count). The molecule has 0 aromatic heterocycles. The Morgan fingerprint density at radius 1 is 1.30 bits per heavy atom. The molecule has 4 nitrogen and oxygen atoms in total. The smallest absolute Gasteiger partial charge is 0.352 e. The van der Waals surface area contributed by atoms with E-state index in [2.05, 4.69) is 4.52 Å². The molecule has 0 radical (unpaired) electrons. The fourth-order valence-corrected chi connectivity index (χ4v) is 1.00. The van der Waals surface area contributed by atoms with E-state index in [0.717, 1.165) is 0 Å². The molecule has 5 heteroatoms. The minimum Gasteiger partial charge on any atom is -0.352 e. The van der Waals surface area contributed by atoms with Gasteiger partial charge in [0.15, 0.2) is 0 Å². The summed E-state index contributed by atoms with van der Waals surface area (Å²) in [5.74, 6) is 0. The van der Waals surface area contributed by atoms with Gasteiger partial charge in [0.1, 0.15) is 0 Å². The maximum Gasteiger partial charge on any atom is 0.407 e. The molecule has 0 heterocycles. The lowest BCUT2D eigenvalue weighted by molar-refractivity contribution is 0.212. The van der Waals surface area contributed by atoms with Crippen LogP contribution in [0.3, 0.4) is 0 Å². The minimum atomic E-state index is -1.42. The van der Waals surface area contributed by atoms with Gasteiger partial charge in [0.05, 0.1) is 13.2 Å². The third-order valence-electron chi connectivity index (χ3n) is 0.584. The van der Waals surface area contributed by atoms with E-state index in [1.165, 1.54) is 6.26 Å². The number of rotatable bonds is 5. The van der Waals surface area contributed by atoms with Crippen molar-refractivity contribution in [2.24, 2.45) is 0 Å². The van der Waals surface area contributed by atoms with Gasteiger partial charge in [-0.2, -0.15) is 0 Å². The molecule has 0 bridgehead atoms. The normalized spacial score (nSPS) is 9.40. The SMILES string of the molecule is CCOP(OC#N)OCC. The largest absolute Gasteiger partial charge is 0.407 e. The van der Waals surface area contributed by atoms with Crippen LogP contribution in [-0.2, 0) is 13.6 Å². The van der Waals surface area contributed by atoms with E-state index >= 15 is 0 Å². The highest BCUT2D eigenvalue weighted by Crippen LogP contribution is 2.38. The van der Waals surface area contributed by atoms with Crippen molar-refractivity contribution in [3.8, 4) is 6.26 Å². The highest BCUT2D eigenvalue weighted by atomic mass is 31.2. The Kier molecular flexibility index (Phi) is 6.51. The van der Waals surface area contributed by atoms with Gasteiger partial charge in [-0.15, -0.1) is 5.26 Å². The van der Waals surface area contributed by atoms with E-state index in [0.29, 0.717) is 13.2 Å². The summed E-state index contributed by atoms with van der Waals surface area (Å²) in [7, 11) is -1.42. The van der Waals surface area contributed by atoms with Crippen LogP contribution in [0.4, 0.5) is 0 Å². The van der Waals surface area contributed by atoms with Crippen molar-refractivity contribution in [1.82, 2.24) is 0 Å². The van der Waals surface area contributed by atoms with Crippen LogP contribution in [0.5, 0.6) is 0 Å². The van der Waals surface area contributed by atoms with Crippen molar-refractivity contribution in [3.05, 3.63) is 0 Å². The van der Waals surface area contributed by atoms with Crippen molar-refractivity contribution in [1.29, 1.82) is 5.26 Å². The van der Waals surface area contributed by atoms with Gasteiger partial charge in [0.25, 0.3) is 6.26 Å². The predicted molar refractivity (Wildman–Crippen MR) is 36.9 cm³/mol. The lowest BCUT2D eigenvalue weighted by Crippen LogP contribution is -1.90. The number of nitrogens with zero attached hydrogens (tertiary/aromatic N) is 1. The average Bonchev–Trinajstić information content (AvgIpc) is 1.90. The fraction of sp³-hybridized carbons (Fsp3) is 0.800. The number of nitriles is 1. The molecule has 0 aliphatic rings. The van der Waals surface area contributed by atoms with Crippen LogP contribution in [0.1, 0.15) is 13.8 Å². The fourth-order valence-electron chi connectivity index (χ4n) is 0.334. The lowest BCUT2D eigenvalue weighted by Gasteiger charge is -2.08. The molecule has 10 heavy (non-hydrogen) atoms. The Morgan fingerprint density at radius 2 is 1.80 bits per heavy atom. The molecule has 0 fully saturated rings. The Bertz CT molecular complexity index is 108. The molecule has 0 aromatic carbocycles. The Morgan fingerprint density at radius 3 is 2.10 bits per heavy atom. The highest BCUT2D eigenvalue weighted by molar-refractivity contribution is 7.41. The first kappa shape index (κ1) is 9.64. The topological polar surface area (TPSA) is 51.5 Å². The lowest BCUT2D eigenvalue weighted by atomic mass is 10.9. The van der Waals surface area contributed by atoms with Crippen LogP contribution in [-0.4, -0.2) is 13.2 Å². The van der Waals surface area contributed by atoms with E-state index in [9.17, 15) is 0 Å². The van der Waals surface area contributed by atoms with Gasteiger partial charge in [0, 0.05) is 0 Å². The summed E-state index contributed by atoms with van der Waals surface area (Å²) in [5, 5.41) is 8.07. The van der Waals surface area contributed by atoms with Gasteiger partial charge in [0.2, 0.25) is 0 Å². The molecular formula is C5H10NO3P. The molecule has 0 spiro atoms. The molecule has 0 unspecified atom stereocenters. The van der Waals surface area contributed by atoms with Gasteiger partial charge < -0.3 is 13.6 Å². The summed E-state index contributed by atoms with van der Waals surface area (Å²) in [4.78, 5) is 0. The monoisotopic (exact) mass is 163 g/mol. The first-order valence-electron chi connectivity index (χ1n) is 2.97. The van der Waals surface area contributed by atoms with Crippen molar-refractivity contribution < 1.29 is 13.6 Å². The standard InChI is InChI=1S/C5H10NO3P/c1-3-7-10(8-4-2)9-5-6/h3-4H2,1-2H3. The van der Waals surface area contributed by atoms with Gasteiger partial charge in [-0.3, -0.25) is 0 Å². The maximum absolute atomic E-state index is 8.07. The zero-order valence-corrected chi connectivity index (χ0v) is 6.93. The molecular weight excluding hydrogens is 153 g/mol. The van der Waals surface area contributed by atoms with Crippen molar-refractivity contribution in [2.45, 2.75) is 13.8 Å². The van der Waals surface area contributed by atoms with Crippen molar-refractivity contribution >= 4 is 8.60 Å². The van der Waals surface area contributed by atoms with Crippen LogP contribution in [0.25, 0.3) is 0 Å². The summed E-state index contributed by atoms with van der Waals surface area (Å²) in [6.45, 7) is 4.62. The van der Waals surface area contributed by atoms with Crippen molar-refractivity contribution in [3.63, 3.8) is 0 Å². The molecule has 0 aliphatic carbocycles. The van der Waals surface area contributed by atoms with E-state index in [1.54, 1.807) is 0 Å². The van der Waals surface area contributed by atoms with Gasteiger partial charge >= 0.3 is 8.60 Å². The summed E-state index contributed by atoms with van der Waals surface area (Å²) in [6.07, 6.45) is 1.52. The van der Waals surface area contributed by atoms with Crippen LogP contribution in [0.15, 0.2) is 0 Å². The average molecular weight is 163 g/mol. The number of hydrogen-bond donors (Lipinski definition) is 0. The van der Waals surface area contributed by atoms with Crippen LogP contribution < -0.4 is 0 Å². The summed E-state index contributed by atoms with van der Waals surface area (Å²) < 4.78 is 14.3. The molecule has 0 atom stereocenters. The maximum atomic E-state index is 8.07.